The molecule has 13 heavy (non-hydrogen) atoms. The van der Waals surface area contributed by atoms with Gasteiger partial charge in [0.05, 0.1) is 11.0 Å². The van der Waals surface area contributed by atoms with Gasteiger partial charge in [-0.25, -0.2) is 4.98 Å². The predicted octanol–water partition coefficient (Wildman–Crippen LogP) is 2.70. The average Bonchev–Trinajstić information content (AvgIpc) is 2.58. The predicted molar refractivity (Wildman–Crippen MR) is 54.5 cm³/mol. The maximum atomic E-state index is 4.43. The average molecular weight is 173 g/mol. The number of rotatable bonds is 2. The zero-order valence-corrected chi connectivity index (χ0v) is 7.96. The maximum Gasteiger partial charge on any atom is 0.110 e. The van der Waals surface area contributed by atoms with E-state index in [1.165, 1.54) is 5.56 Å². The lowest BCUT2D eigenvalue weighted by atomic mass is 10.1. The summed E-state index contributed by atoms with van der Waals surface area (Å²) < 4.78 is 0. The fraction of sp³-hybridized carbons (Fsp3) is 0.273. The van der Waals surface area contributed by atoms with Gasteiger partial charge in [0.1, 0.15) is 5.82 Å². The Morgan fingerprint density at radius 2 is 2.31 bits per heavy atom. The van der Waals surface area contributed by atoms with Crippen molar-refractivity contribution < 1.29 is 0 Å². The van der Waals surface area contributed by atoms with E-state index in [2.05, 4.69) is 35.1 Å². The highest BCUT2D eigenvalue weighted by molar-refractivity contribution is 5.76. The molecule has 1 heterocycles. The number of H-pyrrole nitrogens is 1. The van der Waals surface area contributed by atoms with Gasteiger partial charge in [-0.15, -0.1) is 0 Å². The van der Waals surface area contributed by atoms with Gasteiger partial charge < -0.3 is 4.98 Å². The molecule has 1 N–H and O–H groups in total. The molecule has 1 aromatic carbocycles. The Bertz CT molecular complexity index is 413. The van der Waals surface area contributed by atoms with Crippen molar-refractivity contribution in [2.75, 3.05) is 0 Å². The number of hydrogen-bond donors (Lipinski definition) is 1. The van der Waals surface area contributed by atoms with Crippen LogP contribution < -0.4 is 0 Å². The quantitative estimate of drug-likeness (QED) is 0.743. The number of nitrogens with zero attached hydrogens (tertiary/aromatic N) is 1. The van der Waals surface area contributed by atoms with E-state index in [0.29, 0.717) is 0 Å². The van der Waals surface area contributed by atoms with E-state index in [1.807, 2.05) is 13.3 Å². The van der Waals surface area contributed by atoms with Gasteiger partial charge in [0.25, 0.3) is 0 Å². The molecule has 0 bridgehead atoms. The van der Waals surface area contributed by atoms with Crippen molar-refractivity contribution in [1.29, 1.82) is 0 Å². The van der Waals surface area contributed by atoms with Crippen molar-refractivity contribution in [3.8, 4) is 0 Å². The van der Waals surface area contributed by atoms with Crippen LogP contribution in [0.15, 0.2) is 18.2 Å². The number of aromatic amines is 1. The van der Waals surface area contributed by atoms with E-state index < -0.39 is 0 Å². The Balaban J connectivity index is 2.57. The summed E-state index contributed by atoms with van der Waals surface area (Å²) >= 11 is 0. The van der Waals surface area contributed by atoms with E-state index in [9.17, 15) is 0 Å². The van der Waals surface area contributed by atoms with Crippen molar-refractivity contribution in [1.82, 2.24) is 9.97 Å². The van der Waals surface area contributed by atoms with Gasteiger partial charge in [0.15, 0.2) is 0 Å². The summed E-state index contributed by atoms with van der Waals surface area (Å²) in [5, 5.41) is 0. The zero-order valence-electron chi connectivity index (χ0n) is 7.96. The van der Waals surface area contributed by atoms with Crippen LogP contribution in [0.5, 0.6) is 0 Å². The third kappa shape index (κ3) is 1.44. The highest BCUT2D eigenvalue weighted by Gasteiger charge is 2.00. The van der Waals surface area contributed by atoms with Gasteiger partial charge in [-0.3, -0.25) is 0 Å². The molecule has 0 unspecified atom stereocenters. The molecular formula is C11H13N2. The molecule has 0 aliphatic carbocycles. The molecule has 1 aromatic heterocycles. The van der Waals surface area contributed by atoms with Crippen molar-refractivity contribution in [3.05, 3.63) is 36.0 Å². The first-order chi connectivity index (χ1) is 6.33. The SMILES string of the molecule is C[CH]c1nc2cc(CC)ccc2[nH]1. The number of fused-ring (bicyclic) bond motifs is 1. The van der Waals surface area contributed by atoms with Gasteiger partial charge >= 0.3 is 0 Å². The summed E-state index contributed by atoms with van der Waals surface area (Å²) in [5.74, 6) is 0.947. The number of imidazole rings is 1. The summed E-state index contributed by atoms with van der Waals surface area (Å²) in [6.07, 6.45) is 3.04. The van der Waals surface area contributed by atoms with Crippen molar-refractivity contribution in [3.63, 3.8) is 0 Å². The van der Waals surface area contributed by atoms with Crippen LogP contribution in [0, 0.1) is 6.42 Å². The summed E-state index contributed by atoms with van der Waals surface area (Å²) in [6, 6.07) is 6.37. The highest BCUT2D eigenvalue weighted by atomic mass is 14.9. The number of aromatic nitrogens is 2. The fourth-order valence-electron chi connectivity index (χ4n) is 1.43. The second kappa shape index (κ2) is 3.21. The van der Waals surface area contributed by atoms with Crippen LogP contribution in [0.4, 0.5) is 0 Å². The molecule has 0 fully saturated rings. The van der Waals surface area contributed by atoms with Crippen LogP contribution in [0.2, 0.25) is 0 Å². The second-order valence-electron chi connectivity index (χ2n) is 3.12. The number of hydrogen-bond acceptors (Lipinski definition) is 1. The van der Waals surface area contributed by atoms with Gasteiger partial charge in [-0.1, -0.05) is 19.9 Å². The van der Waals surface area contributed by atoms with E-state index in [0.717, 1.165) is 23.3 Å². The molecule has 2 aromatic rings. The van der Waals surface area contributed by atoms with Crippen molar-refractivity contribution in [2.45, 2.75) is 20.3 Å². The molecule has 0 amide bonds. The molecule has 0 spiro atoms. The van der Waals surface area contributed by atoms with Crippen LogP contribution in [0.1, 0.15) is 25.2 Å². The van der Waals surface area contributed by atoms with E-state index in [-0.39, 0.29) is 0 Å². The van der Waals surface area contributed by atoms with Gasteiger partial charge in [-0.2, -0.15) is 0 Å². The Morgan fingerprint density at radius 1 is 1.46 bits per heavy atom. The lowest BCUT2D eigenvalue weighted by molar-refractivity contribution is 1.14. The summed E-state index contributed by atoms with van der Waals surface area (Å²) in [4.78, 5) is 7.66. The van der Waals surface area contributed by atoms with Crippen molar-refractivity contribution >= 4 is 11.0 Å². The lowest BCUT2D eigenvalue weighted by Crippen LogP contribution is -1.78. The molecule has 0 aliphatic rings. The first-order valence-electron chi connectivity index (χ1n) is 4.61. The zero-order chi connectivity index (χ0) is 9.26. The third-order valence-electron chi connectivity index (χ3n) is 2.25. The normalized spacial score (nSPS) is 10.9. The van der Waals surface area contributed by atoms with Crippen LogP contribution in [-0.4, -0.2) is 9.97 Å². The number of aryl methyl sites for hydroxylation is 1. The monoisotopic (exact) mass is 173 g/mol. The standard InChI is InChI=1S/C11H13N2/c1-3-8-5-6-9-10(7-8)13-11(4-2)12-9/h4-7H,3H2,1-2H3,(H,12,13). The Morgan fingerprint density at radius 3 is 3.00 bits per heavy atom. The first kappa shape index (κ1) is 8.30. The molecule has 2 rings (SSSR count). The summed E-state index contributed by atoms with van der Waals surface area (Å²) in [6.45, 7) is 4.14. The first-order valence-corrected chi connectivity index (χ1v) is 4.61. The minimum Gasteiger partial charge on any atom is -0.342 e. The minimum atomic E-state index is 0.947. The van der Waals surface area contributed by atoms with E-state index >= 15 is 0 Å². The Hall–Kier alpha value is -1.31. The molecule has 0 atom stereocenters. The topological polar surface area (TPSA) is 28.7 Å². The van der Waals surface area contributed by atoms with Gasteiger partial charge in [0, 0.05) is 6.42 Å². The highest BCUT2D eigenvalue weighted by Crippen LogP contribution is 2.14. The van der Waals surface area contributed by atoms with Crippen LogP contribution in [0.3, 0.4) is 0 Å². The van der Waals surface area contributed by atoms with Gasteiger partial charge in [-0.05, 0) is 24.1 Å². The van der Waals surface area contributed by atoms with Crippen LogP contribution in [-0.2, 0) is 6.42 Å². The van der Waals surface area contributed by atoms with Crippen molar-refractivity contribution in [2.24, 2.45) is 0 Å². The Labute approximate surface area is 78.0 Å². The number of nitrogens with one attached hydrogen (secondary N) is 1. The van der Waals surface area contributed by atoms with E-state index in [4.69, 9.17) is 0 Å². The van der Waals surface area contributed by atoms with Gasteiger partial charge in [0.2, 0.25) is 0 Å². The molecule has 67 valence electrons. The Kier molecular flexibility index (Phi) is 2.05. The molecule has 1 radical (unpaired) electrons. The fourth-order valence-corrected chi connectivity index (χ4v) is 1.43. The second-order valence-corrected chi connectivity index (χ2v) is 3.12. The summed E-state index contributed by atoms with van der Waals surface area (Å²) in [7, 11) is 0. The van der Waals surface area contributed by atoms with Crippen LogP contribution in [0.25, 0.3) is 11.0 Å². The number of benzene rings is 1. The minimum absolute atomic E-state index is 0.947. The largest absolute Gasteiger partial charge is 0.342 e. The molecule has 0 saturated heterocycles. The third-order valence-corrected chi connectivity index (χ3v) is 2.25. The molecule has 2 heteroatoms. The summed E-state index contributed by atoms with van der Waals surface area (Å²) in [5.41, 5.74) is 3.51. The van der Waals surface area contributed by atoms with E-state index in [1.54, 1.807) is 0 Å². The molecular weight excluding hydrogens is 160 g/mol. The molecule has 0 aliphatic heterocycles. The smallest absolute Gasteiger partial charge is 0.110 e. The maximum absolute atomic E-state index is 4.43. The van der Waals surface area contributed by atoms with Crippen LogP contribution >= 0.6 is 0 Å². The molecule has 2 nitrogen and oxygen atoms in total. The lowest BCUT2D eigenvalue weighted by Gasteiger charge is -1.93. The molecule has 0 saturated carbocycles.